The number of aromatic nitrogens is 2. The number of rotatable bonds is 2. The van der Waals surface area contributed by atoms with Gasteiger partial charge in [0.15, 0.2) is 11.9 Å². The lowest BCUT2D eigenvalue weighted by Gasteiger charge is -2.18. The van der Waals surface area contributed by atoms with E-state index in [1.807, 2.05) is 0 Å². The second-order valence-electron chi connectivity index (χ2n) is 5.65. The number of ether oxygens (including phenoxy) is 1. The molecule has 0 radical (unpaired) electrons. The molecule has 0 spiro atoms. The van der Waals surface area contributed by atoms with E-state index in [0.29, 0.717) is 6.20 Å². The molecule has 0 amide bonds. The van der Waals surface area contributed by atoms with Crippen LogP contribution >= 0.6 is 0 Å². The molecule has 0 saturated heterocycles. The van der Waals surface area contributed by atoms with Gasteiger partial charge in [-0.25, -0.2) is 23.0 Å². The van der Waals surface area contributed by atoms with Crippen molar-refractivity contribution in [2.24, 2.45) is 0 Å². The highest BCUT2D eigenvalue weighted by atomic mass is 19.4. The van der Waals surface area contributed by atoms with Crippen LogP contribution in [0.3, 0.4) is 0 Å². The van der Waals surface area contributed by atoms with Crippen LogP contribution in [-0.4, -0.2) is 15.9 Å². The van der Waals surface area contributed by atoms with Gasteiger partial charge in [0.25, 0.3) is 5.92 Å². The van der Waals surface area contributed by atoms with E-state index in [1.165, 1.54) is 12.3 Å². The Morgan fingerprint density at radius 2 is 1.88 bits per heavy atom. The molecule has 4 nitrogen and oxygen atoms in total. The van der Waals surface area contributed by atoms with Crippen LogP contribution < -0.4 is 4.74 Å². The Kier molecular flexibility index (Phi) is 4.05. The summed E-state index contributed by atoms with van der Waals surface area (Å²) in [6, 6.07) is 1.19. The van der Waals surface area contributed by atoms with Gasteiger partial charge >= 0.3 is 6.18 Å². The molecule has 2 aromatic rings. The first-order chi connectivity index (χ1) is 12.1. The molecule has 3 rings (SSSR count). The summed E-state index contributed by atoms with van der Waals surface area (Å²) in [6.45, 7) is 7.69. The number of pyridine rings is 2. The van der Waals surface area contributed by atoms with Gasteiger partial charge in [0.2, 0.25) is 5.69 Å². The normalized spacial score (nSPS) is 21.2. The average molecular weight is 373 g/mol. The summed E-state index contributed by atoms with van der Waals surface area (Å²) in [7, 11) is 0. The number of alkyl halides is 6. The van der Waals surface area contributed by atoms with Crippen LogP contribution in [0.1, 0.15) is 35.8 Å². The van der Waals surface area contributed by atoms with E-state index in [4.69, 9.17) is 11.3 Å². The van der Waals surface area contributed by atoms with Crippen LogP contribution in [0.4, 0.5) is 32.0 Å². The van der Waals surface area contributed by atoms with Crippen LogP contribution in [0, 0.1) is 6.57 Å². The quantitative estimate of drug-likeness (QED) is 0.508. The van der Waals surface area contributed by atoms with Crippen molar-refractivity contribution in [3.63, 3.8) is 0 Å². The maximum Gasteiger partial charge on any atom is 0.433 e. The number of hydrogen-bond donors (Lipinski definition) is 0. The van der Waals surface area contributed by atoms with Crippen LogP contribution in [0.2, 0.25) is 0 Å². The van der Waals surface area contributed by atoms with E-state index < -0.39 is 46.8 Å². The van der Waals surface area contributed by atoms with Gasteiger partial charge < -0.3 is 4.74 Å². The summed E-state index contributed by atoms with van der Waals surface area (Å²) in [5.74, 6) is -6.77. The Hall–Kier alpha value is -2.83. The molecule has 2 aromatic heterocycles. The van der Waals surface area contributed by atoms with E-state index >= 15 is 0 Å². The molecule has 1 aliphatic carbocycles. The maximum absolute atomic E-state index is 14.3. The van der Waals surface area contributed by atoms with Crippen molar-refractivity contribution < 1.29 is 31.1 Å². The minimum absolute atomic E-state index is 0.0505. The van der Waals surface area contributed by atoms with E-state index in [-0.39, 0.29) is 11.4 Å². The Morgan fingerprint density at radius 1 is 1.19 bits per heavy atom. The highest BCUT2D eigenvalue weighted by molar-refractivity contribution is 5.53. The van der Waals surface area contributed by atoms with Gasteiger partial charge in [0.05, 0.1) is 24.9 Å². The van der Waals surface area contributed by atoms with E-state index in [0.717, 1.165) is 13.1 Å². The third-order valence-electron chi connectivity index (χ3n) is 4.05. The second-order valence-corrected chi connectivity index (χ2v) is 5.65. The molecule has 0 aromatic carbocycles. The predicted molar refractivity (Wildman–Crippen MR) is 77.0 cm³/mol. The van der Waals surface area contributed by atoms with Crippen molar-refractivity contribution in [3.05, 3.63) is 52.9 Å². The van der Waals surface area contributed by atoms with Gasteiger partial charge in [-0.05, 0) is 6.07 Å². The Balaban J connectivity index is 2.16. The number of halogens is 6. The van der Waals surface area contributed by atoms with Crippen LogP contribution in [0.25, 0.3) is 4.85 Å². The molecule has 10 heteroatoms. The zero-order valence-electron chi connectivity index (χ0n) is 13.0. The highest BCUT2D eigenvalue weighted by Gasteiger charge is 2.59. The largest absolute Gasteiger partial charge is 0.455 e. The molecule has 0 bridgehead atoms. The minimum atomic E-state index is -5.03. The SMILES string of the molecule is [C-]#[N+]c1cncc(Oc2cnc(C(F)(F)F)c3c2[C@@H](F)C(F)(F)[C@H]3C)c1. The standard InChI is InChI=1S/C16H9F6N3O/c1-7-11-12(13(17)15(7,18)19)10(6-25-14(11)16(20,21)22)26-9-3-8(23-2)4-24-5-9/h3-7,13H,1H3/t7-,13+/m0/s1. The zero-order valence-corrected chi connectivity index (χ0v) is 13.0. The highest BCUT2D eigenvalue weighted by Crippen LogP contribution is 2.58. The zero-order chi connectivity index (χ0) is 19.3. The summed E-state index contributed by atoms with van der Waals surface area (Å²) in [4.78, 5) is 9.95. The molecule has 2 heterocycles. The summed E-state index contributed by atoms with van der Waals surface area (Å²) >= 11 is 0. The summed E-state index contributed by atoms with van der Waals surface area (Å²) < 4.78 is 87.1. The number of fused-ring (bicyclic) bond motifs is 1. The van der Waals surface area contributed by atoms with Crippen LogP contribution in [0.15, 0.2) is 24.7 Å². The van der Waals surface area contributed by atoms with Crippen molar-refractivity contribution >= 4 is 5.69 Å². The molecule has 0 fully saturated rings. The van der Waals surface area contributed by atoms with Gasteiger partial charge in [0.1, 0.15) is 11.4 Å². The summed E-state index contributed by atoms with van der Waals surface area (Å²) in [5.41, 5.74) is -3.34. The first-order valence-corrected chi connectivity index (χ1v) is 7.19. The third kappa shape index (κ3) is 2.73. The lowest BCUT2D eigenvalue weighted by Crippen LogP contribution is -2.23. The smallest absolute Gasteiger partial charge is 0.433 e. The average Bonchev–Trinajstić information content (AvgIpc) is 2.75. The van der Waals surface area contributed by atoms with Gasteiger partial charge in [-0.1, -0.05) is 6.92 Å². The van der Waals surface area contributed by atoms with E-state index in [1.54, 1.807) is 0 Å². The topological polar surface area (TPSA) is 39.4 Å². The Bertz CT molecular complexity index is 906. The van der Waals surface area contributed by atoms with Gasteiger partial charge in [-0.2, -0.15) is 13.2 Å². The van der Waals surface area contributed by atoms with Crippen molar-refractivity contribution in [1.82, 2.24) is 9.97 Å². The monoisotopic (exact) mass is 373 g/mol. The van der Waals surface area contributed by atoms with Crippen LogP contribution in [0.5, 0.6) is 11.5 Å². The van der Waals surface area contributed by atoms with Crippen molar-refractivity contribution in [2.45, 2.75) is 31.1 Å². The molecule has 0 unspecified atom stereocenters. The van der Waals surface area contributed by atoms with Crippen molar-refractivity contribution in [1.29, 1.82) is 0 Å². The van der Waals surface area contributed by atoms with Crippen molar-refractivity contribution in [3.8, 4) is 11.5 Å². The van der Waals surface area contributed by atoms with E-state index in [2.05, 4.69) is 14.8 Å². The fourth-order valence-electron chi connectivity index (χ4n) is 2.79. The van der Waals surface area contributed by atoms with Gasteiger partial charge in [0, 0.05) is 17.3 Å². The molecule has 0 saturated carbocycles. The number of hydrogen-bond acceptors (Lipinski definition) is 3. The molecular weight excluding hydrogens is 364 g/mol. The maximum atomic E-state index is 14.3. The summed E-state index contributed by atoms with van der Waals surface area (Å²) in [5, 5.41) is 0. The van der Waals surface area contributed by atoms with Gasteiger partial charge in [-0.3, -0.25) is 4.98 Å². The molecule has 2 atom stereocenters. The Morgan fingerprint density at radius 3 is 2.50 bits per heavy atom. The molecular formula is C16H9F6N3O. The van der Waals surface area contributed by atoms with Gasteiger partial charge in [-0.15, -0.1) is 0 Å². The van der Waals surface area contributed by atoms with E-state index in [9.17, 15) is 26.3 Å². The first-order valence-electron chi connectivity index (χ1n) is 7.19. The number of nitrogens with zero attached hydrogens (tertiary/aromatic N) is 3. The minimum Gasteiger partial charge on any atom is -0.455 e. The lowest BCUT2D eigenvalue weighted by molar-refractivity contribution is -0.142. The fourth-order valence-corrected chi connectivity index (χ4v) is 2.79. The second kappa shape index (κ2) is 5.86. The molecule has 1 aliphatic rings. The lowest BCUT2D eigenvalue weighted by atomic mass is 9.99. The first kappa shape index (κ1) is 18.0. The molecule has 136 valence electrons. The molecule has 26 heavy (non-hydrogen) atoms. The van der Waals surface area contributed by atoms with Crippen molar-refractivity contribution in [2.75, 3.05) is 0 Å². The third-order valence-corrected chi connectivity index (χ3v) is 4.05. The molecule has 0 N–H and O–H groups in total. The fraction of sp³-hybridized carbons (Fsp3) is 0.312. The van der Waals surface area contributed by atoms with Crippen LogP contribution in [-0.2, 0) is 6.18 Å². The molecule has 0 aliphatic heterocycles. The summed E-state index contributed by atoms with van der Waals surface area (Å²) in [6.07, 6.45) is -5.15. The Labute approximate surface area is 143 Å². The predicted octanol–water partition coefficient (Wildman–Crippen LogP) is 5.60.